The summed E-state index contributed by atoms with van der Waals surface area (Å²) in [5.41, 5.74) is 1.31. The third-order valence-electron chi connectivity index (χ3n) is 2.18. The van der Waals surface area contributed by atoms with Gasteiger partial charge in [-0.05, 0) is 12.1 Å². The van der Waals surface area contributed by atoms with Crippen LogP contribution in [0, 0.1) is 0 Å². The van der Waals surface area contributed by atoms with Crippen molar-refractivity contribution in [2.24, 2.45) is 0 Å². The minimum atomic E-state index is -0.814. The fraction of sp³-hybridized carbons (Fsp3) is 0.545. The van der Waals surface area contributed by atoms with E-state index in [1.165, 1.54) is 0 Å². The molecule has 5 nitrogen and oxygen atoms in total. The van der Waals surface area contributed by atoms with Crippen molar-refractivity contribution in [2.45, 2.75) is 25.0 Å². The molecule has 4 N–H and O–H groups in total. The lowest BCUT2D eigenvalue weighted by atomic mass is 10.1. The van der Waals surface area contributed by atoms with Crippen LogP contribution >= 0.6 is 0 Å². The van der Waals surface area contributed by atoms with Crippen molar-refractivity contribution >= 4 is 0 Å². The quantitative estimate of drug-likeness (QED) is 0.493. The molecule has 5 heteroatoms. The Morgan fingerprint density at radius 3 is 1.75 bits per heavy atom. The highest BCUT2D eigenvalue weighted by atomic mass is 16.3. The molecule has 0 aliphatic carbocycles. The summed E-state index contributed by atoms with van der Waals surface area (Å²) in [6.07, 6.45) is -1.07. The van der Waals surface area contributed by atoms with Gasteiger partial charge in [0.15, 0.2) is 0 Å². The van der Waals surface area contributed by atoms with Gasteiger partial charge in [0.1, 0.15) is 0 Å². The molecular formula is C11H17NO4. The van der Waals surface area contributed by atoms with Gasteiger partial charge in [0.25, 0.3) is 0 Å². The first kappa shape index (κ1) is 13.1. The molecule has 0 saturated carbocycles. The first-order valence-electron chi connectivity index (χ1n) is 5.18. The largest absolute Gasteiger partial charge is 0.394 e. The predicted octanol–water partition coefficient (Wildman–Crippen LogP) is -1.13. The molecule has 0 fully saturated rings. The Labute approximate surface area is 94.0 Å². The van der Waals surface area contributed by atoms with Crippen LogP contribution in [0.15, 0.2) is 18.2 Å². The van der Waals surface area contributed by atoms with Gasteiger partial charge in [0, 0.05) is 24.2 Å². The van der Waals surface area contributed by atoms with Crippen LogP contribution in [0.3, 0.4) is 0 Å². The number of rotatable bonds is 6. The van der Waals surface area contributed by atoms with Crippen LogP contribution in [0.25, 0.3) is 0 Å². The van der Waals surface area contributed by atoms with Gasteiger partial charge in [0.05, 0.1) is 25.4 Å². The van der Waals surface area contributed by atoms with Crippen molar-refractivity contribution in [3.05, 3.63) is 29.6 Å². The van der Waals surface area contributed by atoms with Crippen molar-refractivity contribution in [1.29, 1.82) is 0 Å². The minimum absolute atomic E-state index is 0.277. The maximum atomic E-state index is 9.25. The van der Waals surface area contributed by atoms with E-state index in [2.05, 4.69) is 4.98 Å². The van der Waals surface area contributed by atoms with Gasteiger partial charge < -0.3 is 20.4 Å². The van der Waals surface area contributed by atoms with Crippen LogP contribution in [0.1, 0.15) is 11.4 Å². The summed E-state index contributed by atoms with van der Waals surface area (Å²) in [5, 5.41) is 35.9. The van der Waals surface area contributed by atoms with E-state index < -0.39 is 12.2 Å². The van der Waals surface area contributed by atoms with E-state index in [0.717, 1.165) is 0 Å². The smallest absolute Gasteiger partial charge is 0.0826 e. The Kier molecular flexibility index (Phi) is 5.34. The maximum Gasteiger partial charge on any atom is 0.0826 e. The van der Waals surface area contributed by atoms with Crippen LogP contribution in [0.5, 0.6) is 0 Å². The summed E-state index contributed by atoms with van der Waals surface area (Å²) >= 11 is 0. The Hall–Kier alpha value is -1.01. The highest BCUT2D eigenvalue weighted by Crippen LogP contribution is 2.05. The Bertz CT molecular complexity index is 291. The maximum absolute atomic E-state index is 9.25. The van der Waals surface area contributed by atoms with Gasteiger partial charge in [-0.25, -0.2) is 0 Å². The summed E-state index contributed by atoms with van der Waals surface area (Å²) < 4.78 is 0. The van der Waals surface area contributed by atoms with Crippen LogP contribution in [0.4, 0.5) is 0 Å². The van der Waals surface area contributed by atoms with Gasteiger partial charge in [-0.1, -0.05) is 6.07 Å². The normalized spacial score (nSPS) is 14.8. The number of aromatic nitrogens is 1. The Balaban J connectivity index is 2.63. The molecule has 0 radical (unpaired) electrons. The zero-order valence-electron chi connectivity index (χ0n) is 8.95. The van der Waals surface area contributed by atoms with E-state index in [4.69, 9.17) is 10.2 Å². The van der Waals surface area contributed by atoms with Gasteiger partial charge in [0.2, 0.25) is 0 Å². The lowest BCUT2D eigenvalue weighted by molar-refractivity contribution is 0.0928. The number of aliphatic hydroxyl groups excluding tert-OH is 4. The highest BCUT2D eigenvalue weighted by Gasteiger charge is 2.08. The zero-order valence-corrected chi connectivity index (χ0v) is 8.95. The third-order valence-corrected chi connectivity index (χ3v) is 2.18. The number of hydrogen-bond acceptors (Lipinski definition) is 5. The summed E-state index contributed by atoms with van der Waals surface area (Å²) in [7, 11) is 0. The SMILES string of the molecule is OCC(O)Cc1cccc(CC(O)CO)n1. The van der Waals surface area contributed by atoms with Gasteiger partial charge in [-0.2, -0.15) is 0 Å². The van der Waals surface area contributed by atoms with Crippen molar-refractivity contribution in [3.8, 4) is 0 Å². The summed E-state index contributed by atoms with van der Waals surface area (Å²) in [6.45, 7) is -0.601. The van der Waals surface area contributed by atoms with Crippen molar-refractivity contribution < 1.29 is 20.4 Å². The van der Waals surface area contributed by atoms with Gasteiger partial charge in [-0.15, -0.1) is 0 Å². The molecule has 1 heterocycles. The van der Waals surface area contributed by atoms with E-state index in [0.29, 0.717) is 11.4 Å². The molecule has 0 saturated heterocycles. The van der Waals surface area contributed by atoms with E-state index in [1.54, 1.807) is 18.2 Å². The highest BCUT2D eigenvalue weighted by molar-refractivity contribution is 5.12. The first-order chi connectivity index (χ1) is 7.65. The average molecular weight is 227 g/mol. The molecule has 1 rings (SSSR count). The molecule has 2 unspecified atom stereocenters. The standard InChI is InChI=1S/C11H17NO4/c13-6-10(15)4-8-2-1-3-9(12-8)5-11(16)7-14/h1-3,10-11,13-16H,4-7H2. The van der Waals surface area contributed by atoms with E-state index in [1.807, 2.05) is 0 Å². The molecule has 16 heavy (non-hydrogen) atoms. The lowest BCUT2D eigenvalue weighted by Gasteiger charge is -2.09. The molecule has 0 amide bonds. The van der Waals surface area contributed by atoms with E-state index >= 15 is 0 Å². The van der Waals surface area contributed by atoms with E-state index in [-0.39, 0.29) is 26.1 Å². The van der Waals surface area contributed by atoms with E-state index in [9.17, 15) is 10.2 Å². The van der Waals surface area contributed by atoms with Gasteiger partial charge in [-0.3, -0.25) is 4.98 Å². The second-order valence-corrected chi connectivity index (χ2v) is 3.70. The lowest BCUT2D eigenvalue weighted by Crippen LogP contribution is -2.18. The molecule has 90 valence electrons. The molecule has 0 aromatic carbocycles. The molecular weight excluding hydrogens is 210 g/mol. The number of pyridine rings is 1. The molecule has 0 bridgehead atoms. The summed E-state index contributed by atoms with van der Waals surface area (Å²) in [5.74, 6) is 0. The van der Waals surface area contributed by atoms with Crippen LogP contribution < -0.4 is 0 Å². The van der Waals surface area contributed by atoms with Crippen molar-refractivity contribution in [2.75, 3.05) is 13.2 Å². The monoisotopic (exact) mass is 227 g/mol. The van der Waals surface area contributed by atoms with Gasteiger partial charge >= 0.3 is 0 Å². The van der Waals surface area contributed by atoms with Crippen molar-refractivity contribution in [1.82, 2.24) is 4.98 Å². The number of hydrogen-bond donors (Lipinski definition) is 4. The molecule has 2 atom stereocenters. The second-order valence-electron chi connectivity index (χ2n) is 3.70. The second kappa shape index (κ2) is 6.55. The molecule has 0 spiro atoms. The Morgan fingerprint density at radius 2 is 1.38 bits per heavy atom. The zero-order chi connectivity index (χ0) is 12.0. The first-order valence-corrected chi connectivity index (χ1v) is 5.18. The third kappa shape index (κ3) is 4.24. The summed E-state index contributed by atoms with van der Waals surface area (Å²) in [4.78, 5) is 4.21. The van der Waals surface area contributed by atoms with Crippen LogP contribution in [-0.2, 0) is 12.8 Å². The van der Waals surface area contributed by atoms with Crippen LogP contribution in [-0.4, -0.2) is 50.8 Å². The van der Waals surface area contributed by atoms with Crippen molar-refractivity contribution in [3.63, 3.8) is 0 Å². The average Bonchev–Trinajstić information content (AvgIpc) is 2.29. The molecule has 1 aromatic heterocycles. The van der Waals surface area contributed by atoms with Crippen LogP contribution in [0.2, 0.25) is 0 Å². The predicted molar refractivity (Wildman–Crippen MR) is 57.8 cm³/mol. The molecule has 0 aliphatic rings. The molecule has 0 aliphatic heterocycles. The minimum Gasteiger partial charge on any atom is -0.394 e. The molecule has 1 aromatic rings. The topological polar surface area (TPSA) is 93.8 Å². The summed E-state index contributed by atoms with van der Waals surface area (Å²) in [6, 6.07) is 5.26. The number of nitrogens with zero attached hydrogens (tertiary/aromatic N) is 1. The Morgan fingerprint density at radius 1 is 0.938 bits per heavy atom. The fourth-order valence-corrected chi connectivity index (χ4v) is 1.37. The fourth-order valence-electron chi connectivity index (χ4n) is 1.37. The number of aliphatic hydroxyl groups is 4.